The van der Waals surface area contributed by atoms with Crippen LogP contribution in [-0.4, -0.2) is 40.5 Å². The summed E-state index contributed by atoms with van der Waals surface area (Å²) >= 11 is 0. The second kappa shape index (κ2) is 6.64. The summed E-state index contributed by atoms with van der Waals surface area (Å²) in [4.78, 5) is 53.9. The summed E-state index contributed by atoms with van der Waals surface area (Å²) in [6.45, 7) is 2.23. The average Bonchev–Trinajstić information content (AvgIpc) is 2.15. The fourth-order valence-corrected chi connectivity index (χ4v) is 0.870. The molecule has 7 nitrogen and oxygen atoms in total. The van der Waals surface area contributed by atoms with Gasteiger partial charge in [-0.05, 0) is 13.8 Å². The molecule has 0 amide bonds. The van der Waals surface area contributed by atoms with Gasteiger partial charge in [0.15, 0.2) is 6.10 Å². The Morgan fingerprint density at radius 1 is 1.06 bits per heavy atom. The van der Waals surface area contributed by atoms with Crippen LogP contribution in [0.4, 0.5) is 0 Å². The lowest BCUT2D eigenvalue weighted by atomic mass is 10.2. The number of hydrogen-bond acceptors (Lipinski definition) is 7. The van der Waals surface area contributed by atoms with Gasteiger partial charge in [0.2, 0.25) is 5.78 Å². The summed E-state index contributed by atoms with van der Waals surface area (Å²) in [6.07, 6.45) is -2.97. The van der Waals surface area contributed by atoms with Gasteiger partial charge in [0.25, 0.3) is 0 Å². The molecule has 7 heteroatoms. The Morgan fingerprint density at radius 3 is 2.00 bits per heavy atom. The molecule has 0 aromatic rings. The van der Waals surface area contributed by atoms with Crippen LogP contribution in [0.2, 0.25) is 0 Å². The van der Waals surface area contributed by atoms with Crippen LogP contribution in [0.3, 0.4) is 0 Å². The standard InChI is InChI=1S/C10H12O7/c1-5(11)3-7(13)9(15)17-10(16)8(14)4-6(2)12/h7,13H,3-4H2,1-2H3. The first-order chi connectivity index (χ1) is 7.73. The largest absolute Gasteiger partial charge is 0.385 e. The number of esters is 2. The molecule has 0 aromatic carbocycles. The normalized spacial score (nSPS) is 11.5. The quantitative estimate of drug-likeness (QED) is 0.360. The highest BCUT2D eigenvalue weighted by atomic mass is 16.6. The molecule has 0 heterocycles. The number of carbonyl (C=O) groups is 5. The van der Waals surface area contributed by atoms with Crippen molar-refractivity contribution < 1.29 is 33.8 Å². The molecule has 1 atom stereocenters. The molecule has 0 rings (SSSR count). The van der Waals surface area contributed by atoms with Crippen LogP contribution in [0, 0.1) is 0 Å². The van der Waals surface area contributed by atoms with Crippen molar-refractivity contribution in [1.82, 2.24) is 0 Å². The van der Waals surface area contributed by atoms with Crippen LogP contribution in [0.15, 0.2) is 0 Å². The minimum atomic E-state index is -1.79. The van der Waals surface area contributed by atoms with Crippen molar-refractivity contribution in [3.8, 4) is 0 Å². The molecular weight excluding hydrogens is 232 g/mol. The van der Waals surface area contributed by atoms with E-state index in [9.17, 15) is 24.0 Å². The van der Waals surface area contributed by atoms with Crippen molar-refractivity contribution in [1.29, 1.82) is 0 Å². The molecule has 0 aliphatic heterocycles. The maximum Gasteiger partial charge on any atom is 0.382 e. The van der Waals surface area contributed by atoms with Crippen molar-refractivity contribution in [3.63, 3.8) is 0 Å². The summed E-state index contributed by atoms with van der Waals surface area (Å²) in [5, 5.41) is 9.07. The van der Waals surface area contributed by atoms with Gasteiger partial charge in [0.05, 0.1) is 6.42 Å². The van der Waals surface area contributed by atoms with E-state index >= 15 is 0 Å². The molecule has 1 N–H and O–H groups in total. The molecule has 17 heavy (non-hydrogen) atoms. The number of carbonyl (C=O) groups excluding carboxylic acids is 5. The van der Waals surface area contributed by atoms with Crippen LogP contribution in [0.1, 0.15) is 26.7 Å². The van der Waals surface area contributed by atoms with Gasteiger partial charge < -0.3 is 9.84 Å². The van der Waals surface area contributed by atoms with Crippen molar-refractivity contribution in [2.75, 3.05) is 0 Å². The monoisotopic (exact) mass is 244 g/mol. The van der Waals surface area contributed by atoms with Crippen molar-refractivity contribution in [3.05, 3.63) is 0 Å². The molecule has 0 radical (unpaired) electrons. The number of aliphatic hydroxyl groups is 1. The first-order valence-electron chi connectivity index (χ1n) is 4.69. The summed E-state index contributed by atoms with van der Waals surface area (Å²) in [5.74, 6) is -5.11. The van der Waals surface area contributed by atoms with E-state index in [1.807, 2.05) is 0 Å². The lowest BCUT2D eigenvalue weighted by molar-refractivity contribution is -0.170. The lowest BCUT2D eigenvalue weighted by Crippen LogP contribution is -2.31. The highest BCUT2D eigenvalue weighted by Crippen LogP contribution is 1.98. The molecule has 0 aromatic heterocycles. The first-order valence-corrected chi connectivity index (χ1v) is 4.69. The van der Waals surface area contributed by atoms with Gasteiger partial charge in [0, 0.05) is 6.42 Å². The fraction of sp³-hybridized carbons (Fsp3) is 0.500. The van der Waals surface area contributed by atoms with Gasteiger partial charge >= 0.3 is 11.9 Å². The zero-order chi connectivity index (χ0) is 13.6. The van der Waals surface area contributed by atoms with E-state index in [0.29, 0.717) is 0 Å². The average molecular weight is 244 g/mol. The smallest absolute Gasteiger partial charge is 0.382 e. The minimum Gasteiger partial charge on any atom is -0.385 e. The maximum atomic E-state index is 11.0. The van der Waals surface area contributed by atoms with E-state index < -0.39 is 48.2 Å². The van der Waals surface area contributed by atoms with Gasteiger partial charge in [-0.3, -0.25) is 14.4 Å². The van der Waals surface area contributed by atoms with Gasteiger partial charge in [0.1, 0.15) is 11.6 Å². The van der Waals surface area contributed by atoms with Gasteiger partial charge in [-0.25, -0.2) is 9.59 Å². The highest BCUT2D eigenvalue weighted by Gasteiger charge is 2.25. The molecule has 0 aliphatic rings. The Bertz CT molecular complexity index is 369. The fourth-order valence-electron chi connectivity index (χ4n) is 0.870. The van der Waals surface area contributed by atoms with Crippen LogP contribution in [-0.2, 0) is 28.7 Å². The topological polar surface area (TPSA) is 115 Å². The summed E-state index contributed by atoms with van der Waals surface area (Å²) in [6, 6.07) is 0. The molecule has 0 saturated carbocycles. The predicted molar refractivity (Wildman–Crippen MR) is 52.7 cm³/mol. The Morgan fingerprint density at radius 2 is 1.59 bits per heavy atom. The number of hydrogen-bond donors (Lipinski definition) is 1. The van der Waals surface area contributed by atoms with E-state index in [4.69, 9.17) is 5.11 Å². The van der Waals surface area contributed by atoms with Crippen LogP contribution >= 0.6 is 0 Å². The number of ether oxygens (including phenoxy) is 1. The van der Waals surface area contributed by atoms with Crippen LogP contribution < -0.4 is 0 Å². The third-order valence-corrected chi connectivity index (χ3v) is 1.58. The Balaban J connectivity index is 4.29. The third kappa shape index (κ3) is 6.31. The van der Waals surface area contributed by atoms with Gasteiger partial charge in [-0.15, -0.1) is 0 Å². The molecule has 0 aliphatic carbocycles. The maximum absolute atomic E-state index is 11.0. The van der Waals surface area contributed by atoms with Crippen molar-refractivity contribution in [2.45, 2.75) is 32.8 Å². The summed E-state index contributed by atoms with van der Waals surface area (Å²) < 4.78 is 3.99. The Hall–Kier alpha value is -1.89. The molecule has 0 spiro atoms. The number of rotatable bonds is 6. The second-order valence-corrected chi connectivity index (χ2v) is 3.43. The van der Waals surface area contributed by atoms with E-state index in [0.717, 1.165) is 13.8 Å². The molecule has 0 fully saturated rings. The molecule has 0 bridgehead atoms. The lowest BCUT2D eigenvalue weighted by Gasteiger charge is -2.06. The molecule has 94 valence electrons. The van der Waals surface area contributed by atoms with E-state index in [1.54, 1.807) is 0 Å². The van der Waals surface area contributed by atoms with Crippen molar-refractivity contribution >= 4 is 29.3 Å². The third-order valence-electron chi connectivity index (χ3n) is 1.58. The molecular formula is C10H12O7. The SMILES string of the molecule is CC(=O)CC(=O)C(=O)OC(=O)C(O)CC(C)=O. The number of Topliss-reactive ketones (excluding diaryl/α,β-unsaturated/α-hetero) is 3. The Labute approximate surface area is 96.7 Å². The first kappa shape index (κ1) is 15.1. The number of ketones is 3. The van der Waals surface area contributed by atoms with Crippen molar-refractivity contribution in [2.24, 2.45) is 0 Å². The van der Waals surface area contributed by atoms with Gasteiger partial charge in [-0.1, -0.05) is 0 Å². The van der Waals surface area contributed by atoms with E-state index in [-0.39, 0.29) is 0 Å². The zero-order valence-corrected chi connectivity index (χ0v) is 9.39. The minimum absolute atomic E-state index is 0.475. The summed E-state index contributed by atoms with van der Waals surface area (Å²) in [5.41, 5.74) is 0. The number of aliphatic hydroxyl groups excluding tert-OH is 1. The second-order valence-electron chi connectivity index (χ2n) is 3.43. The van der Waals surface area contributed by atoms with Gasteiger partial charge in [-0.2, -0.15) is 0 Å². The van der Waals surface area contributed by atoms with E-state index in [2.05, 4.69) is 4.74 Å². The van der Waals surface area contributed by atoms with Crippen LogP contribution in [0.5, 0.6) is 0 Å². The molecule has 0 saturated heterocycles. The Kier molecular flexibility index (Phi) is 5.90. The van der Waals surface area contributed by atoms with Crippen LogP contribution in [0.25, 0.3) is 0 Å². The highest BCUT2D eigenvalue weighted by molar-refractivity contribution is 6.38. The predicted octanol–water partition coefficient (Wildman–Crippen LogP) is -1.06. The zero-order valence-electron chi connectivity index (χ0n) is 9.39. The molecule has 1 unspecified atom stereocenters. The van der Waals surface area contributed by atoms with E-state index in [1.165, 1.54) is 0 Å². The summed E-state index contributed by atoms with van der Waals surface area (Å²) in [7, 11) is 0.